The van der Waals surface area contributed by atoms with E-state index in [9.17, 15) is 16.8 Å². The summed E-state index contributed by atoms with van der Waals surface area (Å²) in [6.07, 6.45) is 1.52. The maximum Gasteiger partial charge on any atom is 0.295 e. The van der Waals surface area contributed by atoms with E-state index in [0.29, 0.717) is 16.7 Å². The summed E-state index contributed by atoms with van der Waals surface area (Å²) in [6.45, 7) is 0. The van der Waals surface area contributed by atoms with Crippen molar-refractivity contribution in [2.45, 2.75) is 15.7 Å². The van der Waals surface area contributed by atoms with Crippen LogP contribution in [0.5, 0.6) is 0 Å². The molecule has 4 rings (SSSR count). The number of hydrogen-bond acceptors (Lipinski definition) is 6. The zero-order valence-electron chi connectivity index (χ0n) is 15.0. The Morgan fingerprint density at radius 1 is 0.862 bits per heavy atom. The molecule has 0 atom stereocenters. The van der Waals surface area contributed by atoms with Crippen LogP contribution in [0.4, 0.5) is 5.69 Å². The van der Waals surface area contributed by atoms with Crippen LogP contribution in [0.15, 0.2) is 93.4 Å². The predicted molar refractivity (Wildman–Crippen MR) is 109 cm³/mol. The number of aromatic nitrogens is 1. The van der Waals surface area contributed by atoms with Crippen LogP contribution in [0.1, 0.15) is 5.69 Å². The second-order valence-corrected chi connectivity index (χ2v) is 9.92. The Morgan fingerprint density at radius 2 is 1.66 bits per heavy atom. The average Bonchev–Trinajstić information content (AvgIpc) is 3.14. The summed E-state index contributed by atoms with van der Waals surface area (Å²) in [5.41, 5.74) is 0.966. The largest absolute Gasteiger partial charge is 0.443 e. The van der Waals surface area contributed by atoms with Crippen molar-refractivity contribution in [1.29, 1.82) is 0 Å². The molecule has 148 valence electrons. The SMILES string of the molecule is O=S(=O)(Cc1ccccn1)c1cccc(NS(=O)(=O)c2cc3ccccc3o2)c1. The number of furan rings is 1. The molecule has 29 heavy (non-hydrogen) atoms. The zero-order valence-corrected chi connectivity index (χ0v) is 16.7. The average molecular weight is 428 g/mol. The summed E-state index contributed by atoms with van der Waals surface area (Å²) in [4.78, 5) is 4.02. The Bertz CT molecular complexity index is 1350. The normalized spacial score (nSPS) is 12.1. The number of fused-ring (bicyclic) bond motifs is 1. The molecular weight excluding hydrogens is 412 g/mol. The van der Waals surface area contributed by atoms with Crippen molar-refractivity contribution in [2.75, 3.05) is 4.72 Å². The van der Waals surface area contributed by atoms with Crippen LogP contribution in [0.3, 0.4) is 0 Å². The molecule has 2 aromatic heterocycles. The molecular formula is C20H16N2O5S2. The molecule has 0 aliphatic carbocycles. The minimum absolute atomic E-state index is 0.00652. The smallest absolute Gasteiger partial charge is 0.295 e. The van der Waals surface area contributed by atoms with Gasteiger partial charge in [-0.1, -0.05) is 30.3 Å². The molecule has 0 fully saturated rings. The first-order valence-electron chi connectivity index (χ1n) is 8.58. The second kappa shape index (κ2) is 7.34. The fraction of sp³-hybridized carbons (Fsp3) is 0.0500. The first kappa shape index (κ1) is 19.2. The van der Waals surface area contributed by atoms with Crippen molar-refractivity contribution < 1.29 is 21.3 Å². The van der Waals surface area contributed by atoms with E-state index in [1.807, 2.05) is 0 Å². The maximum absolute atomic E-state index is 12.7. The van der Waals surface area contributed by atoms with Gasteiger partial charge in [-0.2, -0.15) is 8.42 Å². The summed E-state index contributed by atoms with van der Waals surface area (Å²) in [7, 11) is -7.72. The van der Waals surface area contributed by atoms with E-state index >= 15 is 0 Å². The van der Waals surface area contributed by atoms with E-state index < -0.39 is 19.9 Å². The summed E-state index contributed by atoms with van der Waals surface area (Å²) >= 11 is 0. The van der Waals surface area contributed by atoms with Crippen molar-refractivity contribution in [2.24, 2.45) is 0 Å². The number of hydrogen-bond donors (Lipinski definition) is 1. The van der Waals surface area contributed by atoms with Gasteiger partial charge in [0.1, 0.15) is 5.58 Å². The van der Waals surface area contributed by atoms with E-state index in [1.165, 1.54) is 36.5 Å². The topological polar surface area (TPSA) is 106 Å². The Balaban J connectivity index is 1.61. The molecule has 0 spiro atoms. The number of benzene rings is 2. The van der Waals surface area contributed by atoms with Crippen LogP contribution >= 0.6 is 0 Å². The lowest BCUT2D eigenvalue weighted by atomic mass is 10.3. The summed E-state index contributed by atoms with van der Waals surface area (Å²) in [5.74, 6) is -0.284. The van der Waals surface area contributed by atoms with Gasteiger partial charge in [-0.15, -0.1) is 0 Å². The van der Waals surface area contributed by atoms with E-state index in [2.05, 4.69) is 9.71 Å². The molecule has 9 heteroatoms. The Labute approximate surface area is 168 Å². The first-order chi connectivity index (χ1) is 13.8. The fourth-order valence-electron chi connectivity index (χ4n) is 2.81. The second-order valence-electron chi connectivity index (χ2n) is 6.32. The summed E-state index contributed by atoms with van der Waals surface area (Å²) in [6, 6.07) is 19.0. The number of sulfone groups is 1. The third-order valence-electron chi connectivity index (χ3n) is 4.18. The number of sulfonamides is 1. The summed E-state index contributed by atoms with van der Waals surface area (Å²) < 4.78 is 58.4. The Hall–Kier alpha value is -3.17. The van der Waals surface area contributed by atoms with Crippen molar-refractivity contribution in [3.05, 3.63) is 84.7 Å². The molecule has 0 amide bonds. The van der Waals surface area contributed by atoms with Crippen molar-refractivity contribution in [3.63, 3.8) is 0 Å². The van der Waals surface area contributed by atoms with Gasteiger partial charge >= 0.3 is 0 Å². The third-order valence-corrected chi connectivity index (χ3v) is 7.06. The maximum atomic E-state index is 12.7. The van der Waals surface area contributed by atoms with E-state index in [1.54, 1.807) is 42.5 Å². The first-order valence-corrected chi connectivity index (χ1v) is 11.7. The molecule has 4 aromatic rings. The van der Waals surface area contributed by atoms with Crippen LogP contribution in [0, 0.1) is 0 Å². The van der Waals surface area contributed by atoms with Crippen molar-refractivity contribution in [1.82, 2.24) is 4.98 Å². The number of nitrogens with one attached hydrogen (secondary N) is 1. The molecule has 7 nitrogen and oxygen atoms in total. The summed E-state index contributed by atoms with van der Waals surface area (Å²) in [5, 5.41) is 0.403. The van der Waals surface area contributed by atoms with Gasteiger partial charge in [0.05, 0.1) is 22.0 Å². The van der Waals surface area contributed by atoms with Gasteiger partial charge in [0, 0.05) is 17.6 Å². The predicted octanol–water partition coefficient (Wildman–Crippen LogP) is 3.60. The van der Waals surface area contributed by atoms with E-state index in [4.69, 9.17) is 4.42 Å². The number of nitrogens with zero attached hydrogens (tertiary/aromatic N) is 1. The van der Waals surface area contributed by atoms with Crippen molar-refractivity contribution >= 4 is 36.5 Å². The lowest BCUT2D eigenvalue weighted by Crippen LogP contribution is -2.13. The van der Waals surface area contributed by atoms with E-state index in [0.717, 1.165) is 0 Å². The fourth-order valence-corrected chi connectivity index (χ4v) is 5.15. The van der Waals surface area contributed by atoms with Gasteiger partial charge in [-0.05, 0) is 36.4 Å². The van der Waals surface area contributed by atoms with Gasteiger partial charge < -0.3 is 4.42 Å². The highest BCUT2D eigenvalue weighted by Gasteiger charge is 2.21. The number of pyridine rings is 1. The zero-order chi connectivity index (χ0) is 20.5. The number of para-hydroxylation sites is 1. The standard InChI is InChI=1S/C20H16N2O5S2/c23-28(24,14-17-7-3-4-11-21-17)18-9-5-8-16(13-18)22-29(25,26)20-12-15-6-1-2-10-19(15)27-20/h1-13,22H,14H2. The highest BCUT2D eigenvalue weighted by molar-refractivity contribution is 7.92. The lowest BCUT2D eigenvalue weighted by Gasteiger charge is -2.09. The molecule has 0 radical (unpaired) electrons. The Morgan fingerprint density at radius 3 is 2.41 bits per heavy atom. The van der Waals surface area contributed by atoms with Crippen LogP contribution in [-0.4, -0.2) is 21.8 Å². The van der Waals surface area contributed by atoms with Gasteiger partial charge in [0.15, 0.2) is 9.84 Å². The quantitative estimate of drug-likeness (QED) is 0.503. The monoisotopic (exact) mass is 428 g/mol. The van der Waals surface area contributed by atoms with Crippen LogP contribution in [0.25, 0.3) is 11.0 Å². The van der Waals surface area contributed by atoms with Gasteiger partial charge in [-0.25, -0.2) is 8.42 Å². The number of rotatable bonds is 6. The van der Waals surface area contributed by atoms with Gasteiger partial charge in [0.2, 0.25) is 5.09 Å². The molecule has 0 aliphatic rings. The highest BCUT2D eigenvalue weighted by Crippen LogP contribution is 2.26. The van der Waals surface area contributed by atoms with Gasteiger partial charge in [0.25, 0.3) is 10.0 Å². The van der Waals surface area contributed by atoms with E-state index in [-0.39, 0.29) is 21.4 Å². The molecule has 2 aromatic carbocycles. The van der Waals surface area contributed by atoms with Crippen LogP contribution < -0.4 is 4.72 Å². The highest BCUT2D eigenvalue weighted by atomic mass is 32.2. The van der Waals surface area contributed by atoms with Crippen LogP contribution in [-0.2, 0) is 25.6 Å². The molecule has 1 N–H and O–H groups in total. The Kier molecular flexibility index (Phi) is 4.85. The van der Waals surface area contributed by atoms with Crippen LogP contribution in [0.2, 0.25) is 0 Å². The lowest BCUT2D eigenvalue weighted by molar-refractivity contribution is 0.484. The molecule has 0 bridgehead atoms. The molecule has 2 heterocycles. The molecule has 0 unspecified atom stereocenters. The van der Waals surface area contributed by atoms with Crippen molar-refractivity contribution in [3.8, 4) is 0 Å². The minimum atomic E-state index is -4.02. The molecule has 0 saturated heterocycles. The molecule has 0 saturated carbocycles. The molecule has 0 aliphatic heterocycles. The van der Waals surface area contributed by atoms with Gasteiger partial charge in [-0.3, -0.25) is 9.71 Å². The third kappa shape index (κ3) is 4.15. The number of anilines is 1. The minimum Gasteiger partial charge on any atom is -0.443 e.